The van der Waals surface area contributed by atoms with Crippen LogP contribution in [0.1, 0.15) is 18.9 Å². The molecule has 0 atom stereocenters. The van der Waals surface area contributed by atoms with Gasteiger partial charge in [0.15, 0.2) is 0 Å². The molecule has 0 spiro atoms. The van der Waals surface area contributed by atoms with Crippen LogP contribution in [-0.2, 0) is 0 Å². The lowest BCUT2D eigenvalue weighted by molar-refractivity contribution is -0.425. The van der Waals surface area contributed by atoms with Gasteiger partial charge in [0.1, 0.15) is 0 Å². The summed E-state index contributed by atoms with van der Waals surface area (Å²) in [5, 5.41) is 12.3. The van der Waals surface area contributed by atoms with Gasteiger partial charge < -0.3 is 4.98 Å². The SMILES string of the molecule is CC/C(=C/c1c[nH]c2ccc(Cl)cc12)[N+](=O)[O-]. The molecule has 0 amide bonds. The van der Waals surface area contributed by atoms with Crippen molar-refractivity contribution in [1.29, 1.82) is 0 Å². The Morgan fingerprint density at radius 3 is 3.00 bits per heavy atom. The van der Waals surface area contributed by atoms with Gasteiger partial charge in [0, 0.05) is 40.2 Å². The third-order valence-corrected chi connectivity index (χ3v) is 2.83. The average molecular weight is 251 g/mol. The highest BCUT2D eigenvalue weighted by molar-refractivity contribution is 6.31. The molecule has 0 saturated heterocycles. The van der Waals surface area contributed by atoms with Crippen molar-refractivity contribution in [3.05, 3.63) is 50.8 Å². The highest BCUT2D eigenvalue weighted by atomic mass is 35.5. The number of hydrogen-bond acceptors (Lipinski definition) is 2. The molecule has 0 unspecified atom stereocenters. The summed E-state index contributed by atoms with van der Waals surface area (Å²) in [6.45, 7) is 1.76. The second-order valence-corrected chi connectivity index (χ2v) is 4.12. The number of H-pyrrole nitrogens is 1. The van der Waals surface area contributed by atoms with Crippen LogP contribution < -0.4 is 0 Å². The van der Waals surface area contributed by atoms with Crippen molar-refractivity contribution in [1.82, 2.24) is 4.98 Å². The maximum absolute atomic E-state index is 10.8. The van der Waals surface area contributed by atoms with Crippen LogP contribution in [0.3, 0.4) is 0 Å². The molecular formula is C12H11ClN2O2. The number of rotatable bonds is 3. The summed E-state index contributed by atoms with van der Waals surface area (Å²) in [5.74, 6) is 0. The van der Waals surface area contributed by atoms with Gasteiger partial charge in [-0.2, -0.15) is 0 Å². The second-order valence-electron chi connectivity index (χ2n) is 3.68. The van der Waals surface area contributed by atoms with Gasteiger partial charge in [0.2, 0.25) is 5.70 Å². The maximum Gasteiger partial charge on any atom is 0.246 e. The van der Waals surface area contributed by atoms with E-state index in [1.165, 1.54) is 0 Å². The number of allylic oxidation sites excluding steroid dienone is 1. The molecule has 4 nitrogen and oxygen atoms in total. The van der Waals surface area contributed by atoms with Crippen molar-refractivity contribution >= 4 is 28.6 Å². The Kier molecular flexibility index (Phi) is 3.15. The molecule has 17 heavy (non-hydrogen) atoms. The predicted octanol–water partition coefficient (Wildman–Crippen LogP) is 3.85. The Labute approximate surface area is 103 Å². The fraction of sp³-hybridized carbons (Fsp3) is 0.167. The van der Waals surface area contributed by atoms with Gasteiger partial charge >= 0.3 is 0 Å². The lowest BCUT2D eigenvalue weighted by Crippen LogP contribution is -1.96. The zero-order valence-corrected chi connectivity index (χ0v) is 9.99. The normalized spacial score (nSPS) is 12.0. The summed E-state index contributed by atoms with van der Waals surface area (Å²) in [5.41, 5.74) is 1.89. The van der Waals surface area contributed by atoms with Gasteiger partial charge in [0.25, 0.3) is 0 Å². The number of halogens is 1. The van der Waals surface area contributed by atoms with E-state index < -0.39 is 0 Å². The standard InChI is InChI=1S/C12H11ClN2O2/c1-2-10(15(16)17)5-8-7-14-12-4-3-9(13)6-11(8)12/h3-7,14H,2H2,1H3/b10-5-. The second kappa shape index (κ2) is 4.59. The highest BCUT2D eigenvalue weighted by Gasteiger charge is 2.10. The van der Waals surface area contributed by atoms with Crippen LogP contribution >= 0.6 is 11.6 Å². The molecule has 1 heterocycles. The maximum atomic E-state index is 10.8. The highest BCUT2D eigenvalue weighted by Crippen LogP contribution is 2.24. The van der Waals surface area contributed by atoms with Gasteiger partial charge in [-0.05, 0) is 18.2 Å². The molecule has 88 valence electrons. The van der Waals surface area contributed by atoms with E-state index in [1.54, 1.807) is 31.3 Å². The zero-order valence-electron chi connectivity index (χ0n) is 9.24. The first kappa shape index (κ1) is 11.7. The number of aromatic amines is 1. The van der Waals surface area contributed by atoms with Crippen LogP contribution in [-0.4, -0.2) is 9.91 Å². The van der Waals surface area contributed by atoms with Crippen LogP contribution in [0.15, 0.2) is 30.1 Å². The van der Waals surface area contributed by atoms with Crippen LogP contribution in [0.5, 0.6) is 0 Å². The van der Waals surface area contributed by atoms with E-state index in [1.807, 2.05) is 6.07 Å². The summed E-state index contributed by atoms with van der Waals surface area (Å²) < 4.78 is 0. The molecular weight excluding hydrogens is 240 g/mol. The van der Waals surface area contributed by atoms with Crippen LogP contribution in [0.4, 0.5) is 0 Å². The van der Waals surface area contributed by atoms with Gasteiger partial charge in [-0.15, -0.1) is 0 Å². The molecule has 1 aromatic heterocycles. The Bertz CT molecular complexity index is 602. The van der Waals surface area contributed by atoms with Crippen molar-refractivity contribution in [3.63, 3.8) is 0 Å². The Hall–Kier alpha value is -1.81. The van der Waals surface area contributed by atoms with Crippen molar-refractivity contribution in [2.24, 2.45) is 0 Å². The topological polar surface area (TPSA) is 58.9 Å². The fourth-order valence-corrected chi connectivity index (χ4v) is 1.87. The Morgan fingerprint density at radius 1 is 1.59 bits per heavy atom. The molecule has 1 aromatic carbocycles. The van der Waals surface area contributed by atoms with Gasteiger partial charge in [-0.3, -0.25) is 10.1 Å². The molecule has 0 fully saturated rings. The van der Waals surface area contributed by atoms with E-state index in [2.05, 4.69) is 4.98 Å². The van der Waals surface area contributed by atoms with E-state index in [4.69, 9.17) is 11.6 Å². The first-order valence-corrected chi connectivity index (χ1v) is 5.61. The first-order chi connectivity index (χ1) is 8.11. The predicted molar refractivity (Wildman–Crippen MR) is 68.6 cm³/mol. The molecule has 0 aliphatic rings. The number of aromatic nitrogens is 1. The third kappa shape index (κ3) is 2.31. The number of benzene rings is 1. The largest absolute Gasteiger partial charge is 0.361 e. The van der Waals surface area contributed by atoms with Crippen LogP contribution in [0, 0.1) is 10.1 Å². The summed E-state index contributed by atoms with van der Waals surface area (Å²) >= 11 is 5.91. The minimum Gasteiger partial charge on any atom is -0.361 e. The van der Waals surface area contributed by atoms with E-state index in [0.29, 0.717) is 11.4 Å². The lowest BCUT2D eigenvalue weighted by atomic mass is 10.1. The van der Waals surface area contributed by atoms with Crippen molar-refractivity contribution in [3.8, 4) is 0 Å². The lowest BCUT2D eigenvalue weighted by Gasteiger charge is -1.95. The number of nitrogens with zero attached hydrogens (tertiary/aromatic N) is 1. The van der Waals surface area contributed by atoms with Crippen molar-refractivity contribution in [2.45, 2.75) is 13.3 Å². The Morgan fingerprint density at radius 2 is 2.35 bits per heavy atom. The molecule has 2 rings (SSSR count). The molecule has 0 saturated carbocycles. The molecule has 0 aliphatic heterocycles. The molecule has 5 heteroatoms. The number of hydrogen-bond donors (Lipinski definition) is 1. The summed E-state index contributed by atoms with van der Waals surface area (Å²) in [4.78, 5) is 13.5. The van der Waals surface area contributed by atoms with E-state index in [9.17, 15) is 10.1 Å². The van der Waals surface area contributed by atoms with Gasteiger partial charge in [0.05, 0.1) is 4.92 Å². The fourth-order valence-electron chi connectivity index (χ4n) is 1.70. The smallest absolute Gasteiger partial charge is 0.246 e. The van der Waals surface area contributed by atoms with E-state index in [0.717, 1.165) is 16.5 Å². The van der Waals surface area contributed by atoms with E-state index in [-0.39, 0.29) is 10.6 Å². The summed E-state index contributed by atoms with van der Waals surface area (Å²) in [7, 11) is 0. The van der Waals surface area contributed by atoms with Crippen LogP contribution in [0.25, 0.3) is 17.0 Å². The molecule has 0 radical (unpaired) electrons. The summed E-state index contributed by atoms with van der Waals surface area (Å²) in [6, 6.07) is 5.43. The molecule has 1 N–H and O–H groups in total. The van der Waals surface area contributed by atoms with Gasteiger partial charge in [-0.25, -0.2) is 0 Å². The number of fused-ring (bicyclic) bond motifs is 1. The third-order valence-electron chi connectivity index (χ3n) is 2.59. The minimum absolute atomic E-state index is 0.186. The van der Waals surface area contributed by atoms with Crippen LogP contribution in [0.2, 0.25) is 5.02 Å². The van der Waals surface area contributed by atoms with Crippen molar-refractivity contribution < 1.29 is 4.92 Å². The zero-order chi connectivity index (χ0) is 12.4. The quantitative estimate of drug-likeness (QED) is 0.664. The molecule has 2 aromatic rings. The molecule has 0 bridgehead atoms. The average Bonchev–Trinajstić information content (AvgIpc) is 2.68. The first-order valence-electron chi connectivity index (χ1n) is 5.23. The number of nitrogens with one attached hydrogen (secondary N) is 1. The minimum atomic E-state index is -0.358. The van der Waals surface area contributed by atoms with Gasteiger partial charge in [-0.1, -0.05) is 18.5 Å². The number of nitro groups is 1. The van der Waals surface area contributed by atoms with E-state index >= 15 is 0 Å². The summed E-state index contributed by atoms with van der Waals surface area (Å²) in [6.07, 6.45) is 3.72. The monoisotopic (exact) mass is 250 g/mol. The Balaban J connectivity index is 2.56. The molecule has 0 aliphatic carbocycles. The van der Waals surface area contributed by atoms with Crippen molar-refractivity contribution in [2.75, 3.05) is 0 Å².